The average molecular weight is 407 g/mol. The van der Waals surface area contributed by atoms with Crippen molar-refractivity contribution in [2.45, 2.75) is 0 Å². The number of carbonyl (C=O) groups is 1. The zero-order chi connectivity index (χ0) is 18.4. The molecule has 0 aromatic heterocycles. The molecule has 1 amide bonds. The van der Waals surface area contributed by atoms with Gasteiger partial charge in [0.25, 0.3) is 5.91 Å². The SMILES string of the molecule is C#CCOc1ccc2ccccc2c1/C=N\NC(=O)c1ccc(Br)cc1. The molecule has 3 aromatic rings. The molecule has 0 saturated carbocycles. The van der Waals surface area contributed by atoms with E-state index in [-0.39, 0.29) is 12.5 Å². The van der Waals surface area contributed by atoms with Crippen LogP contribution in [-0.2, 0) is 0 Å². The predicted molar refractivity (Wildman–Crippen MR) is 107 cm³/mol. The molecule has 0 bridgehead atoms. The number of terminal acetylenes is 1. The molecular weight excluding hydrogens is 392 g/mol. The lowest BCUT2D eigenvalue weighted by Gasteiger charge is -2.09. The first-order valence-corrected chi connectivity index (χ1v) is 8.65. The number of nitrogens with one attached hydrogen (secondary N) is 1. The van der Waals surface area contributed by atoms with Crippen molar-refractivity contribution >= 4 is 38.8 Å². The number of hydrogen-bond donors (Lipinski definition) is 1. The first-order valence-electron chi connectivity index (χ1n) is 7.86. The van der Waals surface area contributed by atoms with Crippen LogP contribution < -0.4 is 10.2 Å². The third-order valence-electron chi connectivity index (χ3n) is 3.71. The second-order valence-corrected chi connectivity index (χ2v) is 6.31. The quantitative estimate of drug-likeness (QED) is 0.388. The fraction of sp³-hybridized carbons (Fsp3) is 0.0476. The Morgan fingerprint density at radius 2 is 1.92 bits per heavy atom. The van der Waals surface area contributed by atoms with Crippen molar-refractivity contribution in [1.82, 2.24) is 5.43 Å². The first-order chi connectivity index (χ1) is 12.7. The minimum Gasteiger partial charge on any atom is -0.480 e. The zero-order valence-corrected chi connectivity index (χ0v) is 15.4. The fourth-order valence-corrected chi connectivity index (χ4v) is 2.74. The van der Waals surface area contributed by atoms with Crippen LogP contribution in [0.3, 0.4) is 0 Å². The lowest BCUT2D eigenvalue weighted by molar-refractivity contribution is 0.0955. The van der Waals surface area contributed by atoms with E-state index in [2.05, 4.69) is 32.4 Å². The molecular formula is C21H15BrN2O2. The van der Waals surface area contributed by atoms with Crippen molar-refractivity contribution < 1.29 is 9.53 Å². The highest BCUT2D eigenvalue weighted by atomic mass is 79.9. The summed E-state index contributed by atoms with van der Waals surface area (Å²) in [5, 5.41) is 6.10. The number of carbonyl (C=O) groups excluding carboxylic acids is 1. The third-order valence-corrected chi connectivity index (χ3v) is 4.24. The maximum absolute atomic E-state index is 12.2. The Morgan fingerprint density at radius 1 is 1.15 bits per heavy atom. The fourth-order valence-electron chi connectivity index (χ4n) is 2.48. The normalized spacial score (nSPS) is 10.6. The van der Waals surface area contributed by atoms with Crippen molar-refractivity contribution in [3.8, 4) is 18.1 Å². The Balaban J connectivity index is 1.86. The lowest BCUT2D eigenvalue weighted by atomic mass is 10.0. The molecule has 3 rings (SSSR count). The van der Waals surface area contributed by atoms with Crippen LogP contribution in [0.5, 0.6) is 5.75 Å². The third kappa shape index (κ3) is 4.11. The van der Waals surface area contributed by atoms with Crippen LogP contribution in [0.15, 0.2) is 70.2 Å². The molecule has 4 nitrogen and oxygen atoms in total. The Hall–Kier alpha value is -3.10. The van der Waals surface area contributed by atoms with Gasteiger partial charge < -0.3 is 4.74 Å². The van der Waals surface area contributed by atoms with Crippen LogP contribution in [0.1, 0.15) is 15.9 Å². The molecule has 0 heterocycles. The summed E-state index contributed by atoms with van der Waals surface area (Å²) in [5.74, 6) is 2.77. The smallest absolute Gasteiger partial charge is 0.271 e. The zero-order valence-electron chi connectivity index (χ0n) is 13.8. The molecule has 5 heteroatoms. The molecule has 128 valence electrons. The van der Waals surface area contributed by atoms with Gasteiger partial charge in [0.05, 0.1) is 6.21 Å². The van der Waals surface area contributed by atoms with E-state index in [0.717, 1.165) is 20.8 Å². The number of benzene rings is 3. The second kappa shape index (κ2) is 8.32. The van der Waals surface area contributed by atoms with E-state index in [1.165, 1.54) is 0 Å². The summed E-state index contributed by atoms with van der Waals surface area (Å²) >= 11 is 3.34. The van der Waals surface area contributed by atoms with E-state index in [4.69, 9.17) is 11.2 Å². The molecule has 0 aliphatic carbocycles. The van der Waals surface area contributed by atoms with E-state index in [9.17, 15) is 4.79 Å². The van der Waals surface area contributed by atoms with Gasteiger partial charge in [-0.2, -0.15) is 5.10 Å². The van der Waals surface area contributed by atoms with Crippen LogP contribution in [0, 0.1) is 12.3 Å². The summed E-state index contributed by atoms with van der Waals surface area (Å²) in [4.78, 5) is 12.2. The van der Waals surface area contributed by atoms with E-state index in [1.54, 1.807) is 30.5 Å². The van der Waals surface area contributed by atoms with Crippen molar-refractivity contribution in [3.63, 3.8) is 0 Å². The van der Waals surface area contributed by atoms with E-state index < -0.39 is 0 Å². The first kappa shape index (κ1) is 17.7. The Kier molecular flexibility index (Phi) is 5.67. The number of hydrogen-bond acceptors (Lipinski definition) is 3. The van der Waals surface area contributed by atoms with Gasteiger partial charge in [0.1, 0.15) is 12.4 Å². The molecule has 1 N–H and O–H groups in total. The Morgan fingerprint density at radius 3 is 2.69 bits per heavy atom. The standard InChI is InChI=1S/C21H15BrN2O2/c1-2-13-26-20-12-9-15-5-3-4-6-18(15)19(20)14-23-24-21(25)16-7-10-17(22)11-8-16/h1,3-12,14H,13H2,(H,24,25)/b23-14-. The van der Waals surface area contributed by atoms with E-state index >= 15 is 0 Å². The molecule has 0 radical (unpaired) electrons. The van der Waals surface area contributed by atoms with Gasteiger partial charge >= 0.3 is 0 Å². The molecule has 0 fully saturated rings. The van der Waals surface area contributed by atoms with Crippen molar-refractivity contribution in [3.05, 3.63) is 76.3 Å². The van der Waals surface area contributed by atoms with E-state index in [1.807, 2.05) is 36.4 Å². The van der Waals surface area contributed by atoms with Gasteiger partial charge in [0.2, 0.25) is 0 Å². The van der Waals surface area contributed by atoms with Crippen LogP contribution in [0.4, 0.5) is 0 Å². The summed E-state index contributed by atoms with van der Waals surface area (Å²) < 4.78 is 6.51. The Bertz CT molecular complexity index is 1000. The van der Waals surface area contributed by atoms with Crippen LogP contribution in [0.25, 0.3) is 10.8 Å². The highest BCUT2D eigenvalue weighted by Crippen LogP contribution is 2.26. The highest BCUT2D eigenvalue weighted by Gasteiger charge is 2.08. The van der Waals surface area contributed by atoms with Gasteiger partial charge in [-0.1, -0.05) is 52.2 Å². The second-order valence-electron chi connectivity index (χ2n) is 5.40. The van der Waals surface area contributed by atoms with Gasteiger partial charge in [0.15, 0.2) is 0 Å². The Labute approximate surface area is 160 Å². The van der Waals surface area contributed by atoms with Crippen molar-refractivity contribution in [2.75, 3.05) is 6.61 Å². The van der Waals surface area contributed by atoms with Gasteiger partial charge in [0, 0.05) is 15.6 Å². The monoisotopic (exact) mass is 406 g/mol. The maximum atomic E-state index is 12.2. The molecule has 3 aromatic carbocycles. The van der Waals surface area contributed by atoms with Gasteiger partial charge in [-0.3, -0.25) is 4.79 Å². The van der Waals surface area contributed by atoms with Crippen LogP contribution in [0.2, 0.25) is 0 Å². The maximum Gasteiger partial charge on any atom is 0.271 e. The summed E-state index contributed by atoms with van der Waals surface area (Å²) in [6.07, 6.45) is 6.86. The highest BCUT2D eigenvalue weighted by molar-refractivity contribution is 9.10. The number of rotatable bonds is 5. The molecule has 0 saturated heterocycles. The van der Waals surface area contributed by atoms with Crippen LogP contribution in [-0.4, -0.2) is 18.7 Å². The molecule has 26 heavy (non-hydrogen) atoms. The number of fused-ring (bicyclic) bond motifs is 1. The van der Waals surface area contributed by atoms with Gasteiger partial charge in [-0.15, -0.1) is 6.42 Å². The average Bonchev–Trinajstić information content (AvgIpc) is 2.67. The largest absolute Gasteiger partial charge is 0.480 e. The molecule has 0 atom stereocenters. The number of nitrogens with zero attached hydrogens (tertiary/aromatic N) is 1. The molecule has 0 spiro atoms. The predicted octanol–water partition coefficient (Wildman–Crippen LogP) is 4.38. The van der Waals surface area contributed by atoms with Crippen molar-refractivity contribution in [1.29, 1.82) is 0 Å². The van der Waals surface area contributed by atoms with Gasteiger partial charge in [-0.05, 0) is 41.1 Å². The number of amides is 1. The molecule has 0 aliphatic heterocycles. The van der Waals surface area contributed by atoms with Crippen molar-refractivity contribution in [2.24, 2.45) is 5.10 Å². The topological polar surface area (TPSA) is 50.7 Å². The minimum atomic E-state index is -0.292. The van der Waals surface area contributed by atoms with Crippen LogP contribution >= 0.6 is 15.9 Å². The summed E-state index contributed by atoms with van der Waals surface area (Å²) in [7, 11) is 0. The summed E-state index contributed by atoms with van der Waals surface area (Å²) in [6.45, 7) is 0.157. The molecule has 0 unspecified atom stereocenters. The molecule has 0 aliphatic rings. The van der Waals surface area contributed by atoms with E-state index in [0.29, 0.717) is 11.3 Å². The lowest BCUT2D eigenvalue weighted by Crippen LogP contribution is -2.17. The number of ether oxygens (including phenoxy) is 1. The number of halogens is 1. The van der Waals surface area contributed by atoms with Gasteiger partial charge in [-0.25, -0.2) is 5.43 Å². The number of hydrazone groups is 1. The summed E-state index contributed by atoms with van der Waals surface area (Å²) in [5.41, 5.74) is 3.81. The minimum absolute atomic E-state index is 0.157. The summed E-state index contributed by atoms with van der Waals surface area (Å²) in [6, 6.07) is 18.7.